The molecule has 5 nitrogen and oxygen atoms in total. The van der Waals surface area contributed by atoms with Crippen molar-refractivity contribution in [2.75, 3.05) is 25.5 Å². The maximum Gasteiger partial charge on any atom is 0.321 e. The molecule has 0 saturated heterocycles. The molecule has 108 valence electrons. The van der Waals surface area contributed by atoms with Crippen LogP contribution < -0.4 is 10.1 Å². The number of amides is 2. The van der Waals surface area contributed by atoms with Gasteiger partial charge in [0.1, 0.15) is 12.4 Å². The first-order valence-electron chi connectivity index (χ1n) is 6.22. The minimum atomic E-state index is -0.941. The lowest BCUT2D eigenvalue weighted by atomic mass is 10.1. The molecular formula is C15H20N2O3. The number of aliphatic hydroxyl groups is 1. The Balaban J connectivity index is 2.64. The van der Waals surface area contributed by atoms with Crippen LogP contribution in [0.3, 0.4) is 0 Å². The van der Waals surface area contributed by atoms with Gasteiger partial charge in [0.2, 0.25) is 0 Å². The summed E-state index contributed by atoms with van der Waals surface area (Å²) in [5.74, 6) is 2.96. The standard InChI is InChI=1S/C15H20N2O3/c1-5-9-20-13-8-6-7-12(10-13)16-14(18)17(4)11-15(2,3)19/h1,6-8,10,19H,9,11H2,2-4H3,(H,16,18). The summed E-state index contributed by atoms with van der Waals surface area (Å²) in [6.45, 7) is 3.69. The number of ether oxygens (including phenoxy) is 1. The second-order valence-electron chi connectivity index (χ2n) is 5.12. The third-order valence-electron chi connectivity index (χ3n) is 2.38. The molecule has 1 rings (SSSR count). The van der Waals surface area contributed by atoms with Crippen LogP contribution in [0.1, 0.15) is 13.8 Å². The highest BCUT2D eigenvalue weighted by atomic mass is 16.5. The molecule has 0 heterocycles. The lowest BCUT2D eigenvalue weighted by molar-refractivity contribution is 0.0550. The van der Waals surface area contributed by atoms with Gasteiger partial charge in [0.05, 0.1) is 12.1 Å². The predicted octanol–water partition coefficient (Wildman–Crippen LogP) is 1.93. The Morgan fingerprint density at radius 3 is 2.85 bits per heavy atom. The zero-order chi connectivity index (χ0) is 15.2. The van der Waals surface area contributed by atoms with Crippen molar-refractivity contribution >= 4 is 11.7 Å². The highest BCUT2D eigenvalue weighted by Crippen LogP contribution is 2.17. The fourth-order valence-corrected chi connectivity index (χ4v) is 1.66. The molecule has 2 N–H and O–H groups in total. The Bertz CT molecular complexity index is 501. The largest absolute Gasteiger partial charge is 0.481 e. The molecule has 0 atom stereocenters. The number of anilines is 1. The van der Waals surface area contributed by atoms with E-state index < -0.39 is 5.60 Å². The number of benzene rings is 1. The summed E-state index contributed by atoms with van der Waals surface area (Å²) in [7, 11) is 1.62. The molecule has 0 bridgehead atoms. The summed E-state index contributed by atoms with van der Waals surface area (Å²) in [6.07, 6.45) is 5.12. The molecule has 0 aliphatic rings. The van der Waals surface area contributed by atoms with Gasteiger partial charge < -0.3 is 20.1 Å². The molecule has 0 aromatic heterocycles. The molecule has 0 aliphatic heterocycles. The van der Waals surface area contributed by atoms with Crippen molar-refractivity contribution in [3.63, 3.8) is 0 Å². The van der Waals surface area contributed by atoms with Gasteiger partial charge in [-0.1, -0.05) is 12.0 Å². The number of nitrogens with one attached hydrogen (secondary N) is 1. The molecule has 0 spiro atoms. The summed E-state index contributed by atoms with van der Waals surface area (Å²) in [5, 5.41) is 12.4. The van der Waals surface area contributed by atoms with Crippen molar-refractivity contribution in [1.82, 2.24) is 4.90 Å². The topological polar surface area (TPSA) is 61.8 Å². The summed E-state index contributed by atoms with van der Waals surface area (Å²) in [6, 6.07) is 6.65. The summed E-state index contributed by atoms with van der Waals surface area (Å²) in [4.78, 5) is 13.4. The summed E-state index contributed by atoms with van der Waals surface area (Å²) >= 11 is 0. The van der Waals surface area contributed by atoms with Crippen LogP contribution in [0.25, 0.3) is 0 Å². The lowest BCUT2D eigenvalue weighted by Gasteiger charge is -2.25. The molecule has 0 unspecified atom stereocenters. The molecule has 1 aromatic carbocycles. The molecule has 0 radical (unpaired) electrons. The smallest absolute Gasteiger partial charge is 0.321 e. The Kier molecular flexibility index (Phi) is 5.42. The normalized spacial score (nSPS) is 10.6. The van der Waals surface area contributed by atoms with Crippen LogP contribution in [0, 0.1) is 12.3 Å². The van der Waals surface area contributed by atoms with Crippen LogP contribution in [-0.2, 0) is 0 Å². The second kappa shape index (κ2) is 6.83. The fraction of sp³-hybridized carbons (Fsp3) is 0.400. The minimum absolute atomic E-state index is 0.177. The van der Waals surface area contributed by atoms with Crippen molar-refractivity contribution in [3.8, 4) is 18.1 Å². The van der Waals surface area contributed by atoms with Gasteiger partial charge in [-0.3, -0.25) is 0 Å². The zero-order valence-corrected chi connectivity index (χ0v) is 12.0. The van der Waals surface area contributed by atoms with E-state index in [0.717, 1.165) is 0 Å². The van der Waals surface area contributed by atoms with E-state index in [1.54, 1.807) is 45.2 Å². The van der Waals surface area contributed by atoms with Crippen LogP contribution in [0.15, 0.2) is 24.3 Å². The average Bonchev–Trinajstić information content (AvgIpc) is 2.34. The van der Waals surface area contributed by atoms with Gasteiger partial charge in [-0.25, -0.2) is 4.79 Å². The number of terminal acetylenes is 1. The number of urea groups is 1. The summed E-state index contributed by atoms with van der Waals surface area (Å²) in [5.41, 5.74) is -0.337. The number of nitrogens with zero attached hydrogens (tertiary/aromatic N) is 1. The van der Waals surface area contributed by atoms with E-state index in [1.807, 2.05) is 0 Å². The molecule has 0 saturated carbocycles. The van der Waals surface area contributed by atoms with Crippen LogP contribution in [0.5, 0.6) is 5.75 Å². The molecule has 5 heteroatoms. The number of hydrogen-bond acceptors (Lipinski definition) is 3. The average molecular weight is 276 g/mol. The maximum atomic E-state index is 11.9. The predicted molar refractivity (Wildman–Crippen MR) is 78.7 cm³/mol. The Morgan fingerprint density at radius 2 is 2.25 bits per heavy atom. The lowest BCUT2D eigenvalue weighted by Crippen LogP contribution is -2.41. The van der Waals surface area contributed by atoms with Gasteiger partial charge in [0.25, 0.3) is 0 Å². The van der Waals surface area contributed by atoms with E-state index in [1.165, 1.54) is 4.90 Å². The van der Waals surface area contributed by atoms with Gasteiger partial charge >= 0.3 is 6.03 Å². The SMILES string of the molecule is C#CCOc1cccc(NC(=O)N(C)CC(C)(C)O)c1. The van der Waals surface area contributed by atoms with Gasteiger partial charge in [-0.15, -0.1) is 6.42 Å². The van der Waals surface area contributed by atoms with Gasteiger partial charge in [-0.2, -0.15) is 0 Å². The van der Waals surface area contributed by atoms with Gasteiger partial charge in [0, 0.05) is 18.8 Å². The maximum absolute atomic E-state index is 11.9. The molecule has 2 amide bonds. The van der Waals surface area contributed by atoms with Crippen LogP contribution in [0.2, 0.25) is 0 Å². The third kappa shape index (κ3) is 5.63. The first kappa shape index (κ1) is 15.9. The number of rotatable bonds is 5. The molecular weight excluding hydrogens is 256 g/mol. The Morgan fingerprint density at radius 1 is 1.55 bits per heavy atom. The molecule has 0 aliphatic carbocycles. The van der Waals surface area contributed by atoms with Crippen LogP contribution in [0.4, 0.5) is 10.5 Å². The Hall–Kier alpha value is -2.19. The van der Waals surface area contributed by atoms with E-state index in [9.17, 15) is 9.90 Å². The first-order chi connectivity index (χ1) is 9.31. The van der Waals surface area contributed by atoms with Gasteiger partial charge in [-0.05, 0) is 26.0 Å². The first-order valence-corrected chi connectivity index (χ1v) is 6.22. The second-order valence-corrected chi connectivity index (χ2v) is 5.12. The minimum Gasteiger partial charge on any atom is -0.481 e. The van der Waals surface area contributed by atoms with Crippen molar-refractivity contribution in [2.45, 2.75) is 19.4 Å². The van der Waals surface area contributed by atoms with Crippen LogP contribution in [-0.4, -0.2) is 41.8 Å². The van der Waals surface area contributed by atoms with E-state index in [4.69, 9.17) is 11.2 Å². The number of likely N-dealkylation sites (N-methyl/N-ethyl adjacent to an activating group) is 1. The van der Waals surface area contributed by atoms with E-state index in [-0.39, 0.29) is 19.2 Å². The van der Waals surface area contributed by atoms with E-state index in [0.29, 0.717) is 11.4 Å². The van der Waals surface area contributed by atoms with Gasteiger partial charge in [0.15, 0.2) is 0 Å². The fourth-order valence-electron chi connectivity index (χ4n) is 1.66. The van der Waals surface area contributed by atoms with E-state index >= 15 is 0 Å². The third-order valence-corrected chi connectivity index (χ3v) is 2.38. The van der Waals surface area contributed by atoms with Crippen molar-refractivity contribution in [3.05, 3.63) is 24.3 Å². The monoisotopic (exact) mass is 276 g/mol. The number of carbonyl (C=O) groups is 1. The van der Waals surface area contributed by atoms with E-state index in [2.05, 4.69) is 11.2 Å². The zero-order valence-electron chi connectivity index (χ0n) is 12.0. The highest BCUT2D eigenvalue weighted by molar-refractivity contribution is 5.89. The highest BCUT2D eigenvalue weighted by Gasteiger charge is 2.19. The molecule has 0 fully saturated rings. The molecule has 1 aromatic rings. The van der Waals surface area contributed by atoms with Crippen molar-refractivity contribution in [2.24, 2.45) is 0 Å². The quantitative estimate of drug-likeness (QED) is 0.808. The van der Waals surface area contributed by atoms with Crippen molar-refractivity contribution in [1.29, 1.82) is 0 Å². The van der Waals surface area contributed by atoms with Crippen molar-refractivity contribution < 1.29 is 14.6 Å². The summed E-state index contributed by atoms with van der Waals surface area (Å²) < 4.78 is 5.28. The number of carbonyl (C=O) groups excluding carboxylic acids is 1. The molecule has 20 heavy (non-hydrogen) atoms. The number of hydrogen-bond donors (Lipinski definition) is 2. The van der Waals surface area contributed by atoms with Crippen LogP contribution >= 0.6 is 0 Å². The Labute approximate surface area is 119 Å².